The Morgan fingerprint density at radius 3 is 2.24 bits per heavy atom. The van der Waals surface area contributed by atoms with Crippen LogP contribution in [0.15, 0.2) is 71.6 Å². The van der Waals surface area contributed by atoms with Crippen LogP contribution in [-0.4, -0.2) is 8.42 Å². The summed E-state index contributed by atoms with van der Waals surface area (Å²) in [4.78, 5) is 0.0693. The Kier molecular flexibility index (Phi) is 3.57. The number of hydrogen-bond acceptors (Lipinski definition) is 3. The fourth-order valence-electron chi connectivity index (χ4n) is 2.04. The monoisotopic (exact) mass is 318 g/mol. The van der Waals surface area contributed by atoms with Crippen LogP contribution in [0.1, 0.15) is 0 Å². The van der Waals surface area contributed by atoms with Crippen molar-refractivity contribution in [3.63, 3.8) is 0 Å². The Hall–Kier alpha value is -2.04. The average Bonchev–Trinajstić information content (AvgIpc) is 2.48. The molecule has 0 spiro atoms. The lowest BCUT2D eigenvalue weighted by molar-refractivity contribution is 0.489. The lowest BCUT2D eigenvalue weighted by atomic mass is 10.1. The van der Waals surface area contributed by atoms with E-state index in [0.29, 0.717) is 10.8 Å². The van der Waals surface area contributed by atoms with Gasteiger partial charge >= 0.3 is 10.1 Å². The standard InChI is InChI=1S/C16H11ClO3S/c17-13-8-10-14(11-9-13)21(18,19)20-16-7-3-5-12-4-1-2-6-15(12)16/h1-11H. The van der Waals surface area contributed by atoms with Crippen LogP contribution >= 0.6 is 11.6 Å². The van der Waals surface area contributed by atoms with Gasteiger partial charge in [0.15, 0.2) is 5.75 Å². The molecule has 0 unspecified atom stereocenters. The zero-order chi connectivity index (χ0) is 14.9. The van der Waals surface area contributed by atoms with E-state index >= 15 is 0 Å². The first-order valence-corrected chi connectivity index (χ1v) is 8.03. The van der Waals surface area contributed by atoms with E-state index in [1.807, 2.05) is 30.3 Å². The Labute approximate surface area is 127 Å². The molecule has 0 fully saturated rings. The van der Waals surface area contributed by atoms with E-state index in [1.165, 1.54) is 24.3 Å². The van der Waals surface area contributed by atoms with Gasteiger partial charge in [-0.1, -0.05) is 48.0 Å². The summed E-state index contributed by atoms with van der Waals surface area (Å²) in [6.07, 6.45) is 0. The maximum atomic E-state index is 12.3. The third-order valence-corrected chi connectivity index (χ3v) is 4.55. The minimum atomic E-state index is -3.88. The molecule has 3 aromatic rings. The van der Waals surface area contributed by atoms with Gasteiger partial charge < -0.3 is 4.18 Å². The predicted octanol–water partition coefficient (Wildman–Crippen LogP) is 4.26. The number of fused-ring (bicyclic) bond motifs is 1. The van der Waals surface area contributed by atoms with Crippen LogP contribution in [0.3, 0.4) is 0 Å². The molecule has 0 saturated heterocycles. The molecular formula is C16H11ClO3S. The van der Waals surface area contributed by atoms with Crippen LogP contribution in [0.25, 0.3) is 10.8 Å². The average molecular weight is 319 g/mol. The van der Waals surface area contributed by atoms with Gasteiger partial charge in [0.2, 0.25) is 0 Å². The summed E-state index contributed by atoms with van der Waals surface area (Å²) < 4.78 is 29.9. The first kappa shape index (κ1) is 13.9. The summed E-state index contributed by atoms with van der Waals surface area (Å²) in [5.41, 5.74) is 0. The van der Waals surface area contributed by atoms with Crippen molar-refractivity contribution in [1.29, 1.82) is 0 Å². The molecule has 0 N–H and O–H groups in total. The molecule has 21 heavy (non-hydrogen) atoms. The van der Waals surface area contributed by atoms with Crippen molar-refractivity contribution < 1.29 is 12.6 Å². The van der Waals surface area contributed by atoms with Crippen LogP contribution in [0, 0.1) is 0 Å². The van der Waals surface area contributed by atoms with Gasteiger partial charge in [-0.25, -0.2) is 0 Å². The molecule has 0 aliphatic carbocycles. The van der Waals surface area contributed by atoms with Gasteiger partial charge in [-0.05, 0) is 35.7 Å². The topological polar surface area (TPSA) is 43.4 Å². The quantitative estimate of drug-likeness (QED) is 0.678. The van der Waals surface area contributed by atoms with E-state index < -0.39 is 10.1 Å². The first-order valence-electron chi connectivity index (χ1n) is 6.24. The fourth-order valence-corrected chi connectivity index (χ4v) is 3.11. The molecule has 3 nitrogen and oxygen atoms in total. The molecule has 0 aromatic heterocycles. The second kappa shape index (κ2) is 5.39. The third-order valence-electron chi connectivity index (χ3n) is 3.05. The van der Waals surface area contributed by atoms with Crippen LogP contribution in [0.4, 0.5) is 0 Å². The first-order chi connectivity index (χ1) is 10.1. The van der Waals surface area contributed by atoms with Gasteiger partial charge in [0.25, 0.3) is 0 Å². The highest BCUT2D eigenvalue weighted by Crippen LogP contribution is 2.28. The molecule has 0 saturated carbocycles. The van der Waals surface area contributed by atoms with Crippen molar-refractivity contribution in [2.45, 2.75) is 4.90 Å². The molecule has 0 radical (unpaired) electrons. The van der Waals surface area contributed by atoms with Crippen LogP contribution in [-0.2, 0) is 10.1 Å². The Bertz CT molecular complexity index is 882. The summed E-state index contributed by atoms with van der Waals surface area (Å²) in [6, 6.07) is 18.6. The van der Waals surface area contributed by atoms with E-state index in [2.05, 4.69) is 0 Å². The van der Waals surface area contributed by atoms with Gasteiger partial charge in [-0.2, -0.15) is 8.42 Å². The van der Waals surface area contributed by atoms with Crippen LogP contribution in [0.2, 0.25) is 5.02 Å². The van der Waals surface area contributed by atoms with Crippen LogP contribution in [0.5, 0.6) is 5.75 Å². The van der Waals surface area contributed by atoms with Gasteiger partial charge in [0, 0.05) is 10.4 Å². The highest BCUT2D eigenvalue weighted by atomic mass is 35.5. The maximum absolute atomic E-state index is 12.3. The van der Waals surface area contributed by atoms with E-state index in [9.17, 15) is 8.42 Å². The zero-order valence-corrected chi connectivity index (χ0v) is 12.4. The number of hydrogen-bond donors (Lipinski definition) is 0. The number of benzene rings is 3. The Morgan fingerprint density at radius 2 is 1.48 bits per heavy atom. The molecule has 106 valence electrons. The van der Waals surface area contributed by atoms with E-state index in [4.69, 9.17) is 15.8 Å². The zero-order valence-electron chi connectivity index (χ0n) is 10.9. The lowest BCUT2D eigenvalue weighted by Gasteiger charge is -2.09. The maximum Gasteiger partial charge on any atom is 0.339 e. The van der Waals surface area contributed by atoms with Crippen molar-refractivity contribution in [2.24, 2.45) is 0 Å². The number of rotatable bonds is 3. The van der Waals surface area contributed by atoms with E-state index in [-0.39, 0.29) is 4.90 Å². The molecule has 0 amide bonds. The largest absolute Gasteiger partial charge is 0.378 e. The van der Waals surface area contributed by atoms with Crippen LogP contribution < -0.4 is 4.18 Å². The molecule has 0 aliphatic heterocycles. The SMILES string of the molecule is O=S(=O)(Oc1cccc2ccccc12)c1ccc(Cl)cc1. The Balaban J connectivity index is 2.03. The summed E-state index contributed by atoms with van der Waals surface area (Å²) in [5.74, 6) is 0.308. The van der Waals surface area contributed by atoms with Gasteiger partial charge in [0.05, 0.1) is 0 Å². The van der Waals surface area contributed by atoms with Gasteiger partial charge in [-0.3, -0.25) is 0 Å². The van der Waals surface area contributed by atoms with Crippen molar-refractivity contribution in [1.82, 2.24) is 0 Å². The summed E-state index contributed by atoms with van der Waals surface area (Å²) in [7, 11) is -3.88. The second-order valence-corrected chi connectivity index (χ2v) is 6.45. The second-order valence-electron chi connectivity index (χ2n) is 4.47. The fraction of sp³-hybridized carbons (Fsp3) is 0. The predicted molar refractivity (Wildman–Crippen MR) is 83.2 cm³/mol. The van der Waals surface area contributed by atoms with E-state index in [1.54, 1.807) is 12.1 Å². The molecule has 5 heteroatoms. The van der Waals surface area contributed by atoms with Gasteiger partial charge in [-0.15, -0.1) is 0 Å². The van der Waals surface area contributed by atoms with Gasteiger partial charge in [0.1, 0.15) is 4.90 Å². The molecular weight excluding hydrogens is 308 g/mol. The Morgan fingerprint density at radius 1 is 0.810 bits per heavy atom. The minimum absolute atomic E-state index is 0.0693. The minimum Gasteiger partial charge on any atom is -0.378 e. The lowest BCUT2D eigenvalue weighted by Crippen LogP contribution is -2.09. The summed E-state index contributed by atoms with van der Waals surface area (Å²) in [6.45, 7) is 0. The highest BCUT2D eigenvalue weighted by molar-refractivity contribution is 7.87. The molecule has 3 rings (SSSR count). The molecule has 0 bridgehead atoms. The van der Waals surface area contributed by atoms with E-state index in [0.717, 1.165) is 10.8 Å². The van der Waals surface area contributed by atoms with Crippen molar-refractivity contribution >= 4 is 32.5 Å². The smallest absolute Gasteiger partial charge is 0.339 e. The molecule has 0 heterocycles. The molecule has 0 atom stereocenters. The normalized spacial score (nSPS) is 11.5. The van der Waals surface area contributed by atoms with Crippen molar-refractivity contribution in [3.05, 3.63) is 71.8 Å². The molecule has 3 aromatic carbocycles. The third kappa shape index (κ3) is 2.86. The van der Waals surface area contributed by atoms with Crippen molar-refractivity contribution in [2.75, 3.05) is 0 Å². The summed E-state index contributed by atoms with van der Waals surface area (Å²) in [5, 5.41) is 2.14. The highest BCUT2D eigenvalue weighted by Gasteiger charge is 2.17. The van der Waals surface area contributed by atoms with Crippen molar-refractivity contribution in [3.8, 4) is 5.75 Å². The summed E-state index contributed by atoms with van der Waals surface area (Å²) >= 11 is 5.76. The molecule has 0 aliphatic rings. The number of halogens is 1.